The fourth-order valence-corrected chi connectivity index (χ4v) is 9.64. The Morgan fingerprint density at radius 3 is 1.13 bits per heavy atom. The first-order chi connectivity index (χ1) is 30.7. The second-order valence-electron chi connectivity index (χ2n) is 16.1. The van der Waals surface area contributed by atoms with Crippen LogP contribution in [0.5, 0.6) is 0 Å². The minimum absolute atomic E-state index is 0.459. The largest absolute Gasteiger partial charge is 0.310 e. The molecule has 0 bridgehead atoms. The van der Waals surface area contributed by atoms with Crippen LogP contribution in [-0.4, -0.2) is 0 Å². The molecular formula is C61H43N. The molecule has 0 heterocycles. The maximum atomic E-state index is 2.39. The van der Waals surface area contributed by atoms with Gasteiger partial charge in [-0.25, -0.2) is 0 Å². The van der Waals surface area contributed by atoms with Crippen LogP contribution in [0.2, 0.25) is 0 Å². The van der Waals surface area contributed by atoms with Crippen molar-refractivity contribution in [1.82, 2.24) is 0 Å². The molecule has 62 heavy (non-hydrogen) atoms. The molecule has 0 saturated carbocycles. The molecule has 0 aromatic heterocycles. The van der Waals surface area contributed by atoms with Crippen molar-refractivity contribution in [3.63, 3.8) is 0 Å². The molecule has 0 atom stereocenters. The average molecular weight is 790 g/mol. The lowest BCUT2D eigenvalue weighted by molar-refractivity contribution is 0.768. The van der Waals surface area contributed by atoms with Crippen LogP contribution in [0.25, 0.3) is 55.6 Å². The molecule has 0 N–H and O–H groups in total. The second-order valence-corrected chi connectivity index (χ2v) is 16.1. The molecule has 0 amide bonds. The first-order valence-electron chi connectivity index (χ1n) is 21.4. The summed E-state index contributed by atoms with van der Waals surface area (Å²) in [6.45, 7) is 0. The third kappa shape index (κ3) is 6.52. The zero-order valence-electron chi connectivity index (χ0n) is 34.3. The van der Waals surface area contributed by atoms with Crippen LogP contribution in [0.4, 0.5) is 17.1 Å². The van der Waals surface area contributed by atoms with Gasteiger partial charge in [-0.15, -0.1) is 0 Å². The zero-order chi connectivity index (χ0) is 41.3. The van der Waals surface area contributed by atoms with E-state index in [0.29, 0.717) is 0 Å². The summed E-state index contributed by atoms with van der Waals surface area (Å²) in [4.78, 5) is 2.39. The molecule has 0 fully saturated rings. The number of anilines is 3. The van der Waals surface area contributed by atoms with Gasteiger partial charge in [0.05, 0.1) is 5.41 Å². The van der Waals surface area contributed by atoms with E-state index < -0.39 is 5.41 Å². The van der Waals surface area contributed by atoms with Crippen LogP contribution in [0.15, 0.2) is 261 Å². The van der Waals surface area contributed by atoms with Crippen LogP contribution in [0, 0.1) is 0 Å². The minimum atomic E-state index is -0.459. The Labute approximate surface area is 364 Å². The Morgan fingerprint density at radius 2 is 0.581 bits per heavy atom. The Kier molecular flexibility index (Phi) is 9.48. The Hall–Kier alpha value is -8.00. The van der Waals surface area contributed by atoms with E-state index in [1.807, 2.05) is 0 Å². The fourth-order valence-electron chi connectivity index (χ4n) is 9.64. The van der Waals surface area contributed by atoms with Crippen LogP contribution in [0.1, 0.15) is 22.3 Å². The van der Waals surface area contributed by atoms with Gasteiger partial charge in [0.25, 0.3) is 0 Å². The first kappa shape index (κ1) is 37.0. The average Bonchev–Trinajstić information content (AvgIpc) is 3.66. The van der Waals surface area contributed by atoms with E-state index in [0.717, 1.165) is 17.1 Å². The number of rotatable bonds is 9. The van der Waals surface area contributed by atoms with Gasteiger partial charge in [0, 0.05) is 17.1 Å². The van der Waals surface area contributed by atoms with Crippen LogP contribution in [0.3, 0.4) is 0 Å². The Bertz CT molecular complexity index is 3090. The molecule has 1 heteroatoms. The van der Waals surface area contributed by atoms with Crippen molar-refractivity contribution >= 4 is 17.1 Å². The smallest absolute Gasteiger partial charge is 0.0713 e. The molecule has 10 aromatic rings. The number of hydrogen-bond acceptors (Lipinski definition) is 1. The lowest BCUT2D eigenvalue weighted by Crippen LogP contribution is -2.28. The predicted molar refractivity (Wildman–Crippen MR) is 260 cm³/mol. The predicted octanol–water partition coefficient (Wildman–Crippen LogP) is 16.2. The number of benzene rings is 10. The maximum absolute atomic E-state index is 2.39. The van der Waals surface area contributed by atoms with Gasteiger partial charge in [-0.05, 0) is 120 Å². The van der Waals surface area contributed by atoms with Gasteiger partial charge < -0.3 is 4.90 Å². The summed E-state index contributed by atoms with van der Waals surface area (Å²) >= 11 is 0. The molecule has 0 unspecified atom stereocenters. The third-order valence-corrected chi connectivity index (χ3v) is 12.6. The number of nitrogens with zero attached hydrogens (tertiary/aromatic N) is 1. The van der Waals surface area contributed by atoms with E-state index in [2.05, 4.69) is 266 Å². The zero-order valence-corrected chi connectivity index (χ0v) is 34.3. The summed E-state index contributed by atoms with van der Waals surface area (Å²) in [5.41, 5.74) is 20.1. The summed E-state index contributed by atoms with van der Waals surface area (Å²) in [6, 6.07) is 95.1. The first-order valence-corrected chi connectivity index (χ1v) is 21.4. The lowest BCUT2D eigenvalue weighted by atomic mass is 9.68. The minimum Gasteiger partial charge on any atom is -0.310 e. The topological polar surface area (TPSA) is 3.24 Å². The van der Waals surface area contributed by atoms with Crippen LogP contribution in [-0.2, 0) is 5.41 Å². The third-order valence-electron chi connectivity index (χ3n) is 12.6. The molecule has 1 aliphatic rings. The highest BCUT2D eigenvalue weighted by atomic mass is 15.1. The van der Waals surface area contributed by atoms with Gasteiger partial charge in [0.15, 0.2) is 0 Å². The van der Waals surface area contributed by atoms with Crippen molar-refractivity contribution in [2.24, 2.45) is 0 Å². The van der Waals surface area contributed by atoms with Gasteiger partial charge in [0.1, 0.15) is 0 Å². The Morgan fingerprint density at radius 1 is 0.226 bits per heavy atom. The van der Waals surface area contributed by atoms with Gasteiger partial charge in [0.2, 0.25) is 0 Å². The van der Waals surface area contributed by atoms with E-state index >= 15 is 0 Å². The van der Waals surface area contributed by atoms with Gasteiger partial charge in [-0.1, -0.05) is 218 Å². The maximum Gasteiger partial charge on any atom is 0.0713 e. The monoisotopic (exact) mass is 789 g/mol. The molecule has 10 aromatic carbocycles. The highest BCUT2D eigenvalue weighted by Gasteiger charge is 2.45. The highest BCUT2D eigenvalue weighted by molar-refractivity contribution is 5.87. The van der Waals surface area contributed by atoms with Crippen molar-refractivity contribution in [3.05, 3.63) is 283 Å². The number of hydrogen-bond donors (Lipinski definition) is 0. The van der Waals surface area contributed by atoms with E-state index in [9.17, 15) is 0 Å². The molecule has 0 saturated heterocycles. The quantitative estimate of drug-likeness (QED) is 0.141. The molecule has 1 nitrogen and oxygen atoms in total. The molecule has 0 spiro atoms. The summed E-state index contributed by atoms with van der Waals surface area (Å²) in [5.74, 6) is 0. The van der Waals surface area contributed by atoms with Crippen LogP contribution >= 0.6 is 0 Å². The standard InChI is InChI=1S/C61H43N/c1-4-16-44(17-5-1)46-30-32-47(33-31-46)51-22-15-25-56(43-51)62(54-38-34-48(35-39-54)50-21-14-20-49(42-50)45-18-6-2-7-19-45)55-40-36-53(37-41-55)61(52-23-8-3-9-24-52)59-28-12-10-26-57(59)58-27-11-13-29-60(58)61/h1-43H. The van der Waals surface area contributed by atoms with Crippen molar-refractivity contribution in [1.29, 1.82) is 0 Å². The van der Waals surface area contributed by atoms with Gasteiger partial charge >= 0.3 is 0 Å². The van der Waals surface area contributed by atoms with Crippen LogP contribution < -0.4 is 4.90 Å². The van der Waals surface area contributed by atoms with Gasteiger partial charge in [-0.2, -0.15) is 0 Å². The molecule has 292 valence electrons. The summed E-state index contributed by atoms with van der Waals surface area (Å²) < 4.78 is 0. The molecule has 0 radical (unpaired) electrons. The fraction of sp³-hybridized carbons (Fsp3) is 0.0164. The van der Waals surface area contributed by atoms with Crippen molar-refractivity contribution in [2.75, 3.05) is 4.90 Å². The van der Waals surface area contributed by atoms with Crippen molar-refractivity contribution in [3.8, 4) is 55.6 Å². The Balaban J connectivity index is 1.02. The van der Waals surface area contributed by atoms with E-state index in [1.165, 1.54) is 77.9 Å². The van der Waals surface area contributed by atoms with Gasteiger partial charge in [-0.3, -0.25) is 0 Å². The highest BCUT2D eigenvalue weighted by Crippen LogP contribution is 2.56. The molecule has 11 rings (SSSR count). The number of fused-ring (bicyclic) bond motifs is 3. The SMILES string of the molecule is c1ccc(-c2ccc(-c3cccc(N(c4ccc(-c5cccc(-c6ccccc6)c5)cc4)c4ccc(C5(c6ccccc6)c6ccccc6-c6ccccc65)cc4)c3)cc2)cc1. The molecular weight excluding hydrogens is 747 g/mol. The summed E-state index contributed by atoms with van der Waals surface area (Å²) in [7, 11) is 0. The van der Waals surface area contributed by atoms with E-state index in [-0.39, 0.29) is 0 Å². The van der Waals surface area contributed by atoms with Crippen molar-refractivity contribution < 1.29 is 0 Å². The molecule has 1 aliphatic carbocycles. The van der Waals surface area contributed by atoms with E-state index in [4.69, 9.17) is 0 Å². The normalized spacial score (nSPS) is 12.3. The van der Waals surface area contributed by atoms with Crippen molar-refractivity contribution in [2.45, 2.75) is 5.41 Å². The summed E-state index contributed by atoms with van der Waals surface area (Å²) in [6.07, 6.45) is 0. The van der Waals surface area contributed by atoms with E-state index in [1.54, 1.807) is 0 Å². The second kappa shape index (κ2) is 15.9. The molecule has 0 aliphatic heterocycles. The summed E-state index contributed by atoms with van der Waals surface area (Å²) in [5, 5.41) is 0. The lowest BCUT2D eigenvalue weighted by Gasteiger charge is -2.34.